The van der Waals surface area contributed by atoms with Gasteiger partial charge in [-0.2, -0.15) is 5.26 Å². The van der Waals surface area contributed by atoms with Crippen LogP contribution in [0.3, 0.4) is 0 Å². The molecule has 0 saturated carbocycles. The molecule has 0 bridgehead atoms. The van der Waals surface area contributed by atoms with Gasteiger partial charge in [0.05, 0.1) is 11.6 Å². The average molecular weight is 378 g/mol. The first-order chi connectivity index (χ1) is 13.5. The average Bonchev–Trinajstić information content (AvgIpc) is 3.20. The van der Waals surface area contributed by atoms with Gasteiger partial charge in [-0.3, -0.25) is 4.79 Å². The molecule has 1 aromatic heterocycles. The van der Waals surface area contributed by atoms with Crippen LogP contribution in [-0.2, 0) is 6.61 Å². The van der Waals surface area contributed by atoms with Crippen LogP contribution < -0.4 is 4.74 Å². The summed E-state index contributed by atoms with van der Waals surface area (Å²) in [4.78, 5) is 14.2. The predicted molar refractivity (Wildman–Crippen MR) is 101 cm³/mol. The summed E-state index contributed by atoms with van der Waals surface area (Å²) in [6.45, 7) is 1.96. The molecule has 2 aromatic carbocycles. The van der Waals surface area contributed by atoms with Crippen LogP contribution in [0.2, 0.25) is 0 Å². The van der Waals surface area contributed by atoms with Gasteiger partial charge in [0.25, 0.3) is 5.91 Å². The van der Waals surface area contributed by atoms with Crippen LogP contribution in [-0.4, -0.2) is 17.9 Å². The summed E-state index contributed by atoms with van der Waals surface area (Å²) >= 11 is 0. The number of furan rings is 1. The van der Waals surface area contributed by atoms with E-state index in [0.29, 0.717) is 17.1 Å². The second-order valence-corrected chi connectivity index (χ2v) is 6.31. The summed E-state index contributed by atoms with van der Waals surface area (Å²) in [5.41, 5.74) is 1.25. The zero-order valence-corrected chi connectivity index (χ0v) is 15.6. The van der Waals surface area contributed by atoms with Crippen LogP contribution in [0.1, 0.15) is 40.4 Å². The smallest absolute Gasteiger partial charge is 0.289 e. The van der Waals surface area contributed by atoms with Gasteiger partial charge in [-0.15, -0.1) is 0 Å². The van der Waals surface area contributed by atoms with E-state index in [9.17, 15) is 9.18 Å². The molecule has 0 aliphatic carbocycles. The molecule has 1 amide bonds. The maximum absolute atomic E-state index is 13.1. The van der Waals surface area contributed by atoms with Gasteiger partial charge in [0, 0.05) is 7.05 Å². The molecule has 3 rings (SSSR count). The molecule has 6 heteroatoms. The van der Waals surface area contributed by atoms with E-state index >= 15 is 0 Å². The summed E-state index contributed by atoms with van der Waals surface area (Å²) in [7, 11) is 1.66. The monoisotopic (exact) mass is 378 g/mol. The minimum atomic E-state index is -0.321. The molecular weight excluding hydrogens is 359 g/mol. The summed E-state index contributed by atoms with van der Waals surface area (Å²) < 4.78 is 24.3. The van der Waals surface area contributed by atoms with Gasteiger partial charge in [-0.05, 0) is 48.9 Å². The molecule has 28 heavy (non-hydrogen) atoms. The Kier molecular flexibility index (Phi) is 5.75. The molecule has 1 atom stereocenters. The molecule has 0 N–H and O–H groups in total. The van der Waals surface area contributed by atoms with Crippen molar-refractivity contribution in [3.8, 4) is 11.8 Å². The van der Waals surface area contributed by atoms with Crippen LogP contribution in [0.4, 0.5) is 4.39 Å². The first kappa shape index (κ1) is 19.2. The number of benzene rings is 2. The van der Waals surface area contributed by atoms with Crippen molar-refractivity contribution >= 4 is 5.91 Å². The molecule has 1 heterocycles. The summed E-state index contributed by atoms with van der Waals surface area (Å²) in [6.07, 6.45) is 0. The highest BCUT2D eigenvalue weighted by Crippen LogP contribution is 2.23. The van der Waals surface area contributed by atoms with Gasteiger partial charge in [0.15, 0.2) is 5.76 Å². The zero-order valence-electron chi connectivity index (χ0n) is 15.6. The van der Waals surface area contributed by atoms with Gasteiger partial charge in [-0.25, -0.2) is 4.39 Å². The summed E-state index contributed by atoms with van der Waals surface area (Å²) in [5.74, 6) is 0.498. The third kappa shape index (κ3) is 4.21. The van der Waals surface area contributed by atoms with E-state index in [-0.39, 0.29) is 30.1 Å². The van der Waals surface area contributed by atoms with E-state index in [4.69, 9.17) is 14.4 Å². The Bertz CT molecular complexity index is 1010. The Labute approximate surface area is 162 Å². The maximum atomic E-state index is 13.1. The number of nitriles is 1. The standard InChI is InChI=1S/C22H19FN2O3/c1-15(16-7-9-18(23)10-8-16)25(2)22(26)21-12-11-19(28-21)14-27-20-6-4-3-5-17(20)13-24/h3-12,15H,14H2,1-2H3/t15-/m1/s1. The second-order valence-electron chi connectivity index (χ2n) is 6.31. The van der Waals surface area contributed by atoms with Crippen molar-refractivity contribution in [2.75, 3.05) is 7.05 Å². The molecule has 0 saturated heterocycles. The number of ether oxygens (including phenoxy) is 1. The van der Waals surface area contributed by atoms with E-state index in [1.54, 1.807) is 55.6 Å². The Hall–Kier alpha value is -3.59. The molecule has 0 spiro atoms. The fourth-order valence-corrected chi connectivity index (χ4v) is 2.72. The van der Waals surface area contributed by atoms with Gasteiger partial charge < -0.3 is 14.1 Å². The molecule has 0 aliphatic rings. The van der Waals surface area contributed by atoms with Gasteiger partial charge >= 0.3 is 0 Å². The quantitative estimate of drug-likeness (QED) is 0.623. The van der Waals surface area contributed by atoms with Crippen molar-refractivity contribution in [3.63, 3.8) is 0 Å². The molecule has 5 nitrogen and oxygen atoms in total. The Morgan fingerprint density at radius 1 is 1.18 bits per heavy atom. The van der Waals surface area contributed by atoms with E-state index in [1.807, 2.05) is 6.92 Å². The van der Waals surface area contributed by atoms with E-state index < -0.39 is 0 Å². The predicted octanol–water partition coefficient (Wildman–Crippen LogP) is 4.70. The number of para-hydroxylation sites is 1. The lowest BCUT2D eigenvalue weighted by Crippen LogP contribution is -2.29. The Balaban J connectivity index is 1.66. The topological polar surface area (TPSA) is 66.5 Å². The number of rotatable bonds is 6. The third-order valence-electron chi connectivity index (χ3n) is 4.50. The number of halogens is 1. The SMILES string of the molecule is C[C@H](c1ccc(F)cc1)N(C)C(=O)c1ccc(COc2ccccc2C#N)o1. The number of carbonyl (C=O) groups excluding carboxylic acids is 1. The van der Waals surface area contributed by atoms with Crippen LogP contribution in [0, 0.1) is 17.1 Å². The highest BCUT2D eigenvalue weighted by atomic mass is 19.1. The molecule has 0 fully saturated rings. The zero-order chi connectivity index (χ0) is 20.1. The van der Waals surface area contributed by atoms with Crippen LogP contribution in [0.25, 0.3) is 0 Å². The van der Waals surface area contributed by atoms with E-state index in [2.05, 4.69) is 6.07 Å². The van der Waals surface area contributed by atoms with Crippen molar-refractivity contribution < 1.29 is 18.3 Å². The van der Waals surface area contributed by atoms with Crippen LogP contribution in [0.15, 0.2) is 65.1 Å². The van der Waals surface area contributed by atoms with E-state index in [1.165, 1.54) is 17.0 Å². The minimum absolute atomic E-state index is 0.100. The van der Waals surface area contributed by atoms with Gasteiger partial charge in [0.2, 0.25) is 0 Å². The van der Waals surface area contributed by atoms with E-state index in [0.717, 1.165) is 5.56 Å². The molecule has 142 valence electrons. The first-order valence-electron chi connectivity index (χ1n) is 8.73. The van der Waals surface area contributed by atoms with Crippen LogP contribution in [0.5, 0.6) is 5.75 Å². The second kappa shape index (κ2) is 8.40. The molecule has 0 radical (unpaired) electrons. The van der Waals surface area contributed by atoms with Crippen molar-refractivity contribution in [1.82, 2.24) is 4.90 Å². The third-order valence-corrected chi connectivity index (χ3v) is 4.50. The van der Waals surface area contributed by atoms with Crippen molar-refractivity contribution in [1.29, 1.82) is 5.26 Å². The highest BCUT2D eigenvalue weighted by molar-refractivity contribution is 5.91. The minimum Gasteiger partial charge on any atom is -0.484 e. The number of amides is 1. The van der Waals surface area contributed by atoms with Crippen molar-refractivity contribution in [2.24, 2.45) is 0 Å². The molecule has 0 aliphatic heterocycles. The largest absolute Gasteiger partial charge is 0.484 e. The number of hydrogen-bond acceptors (Lipinski definition) is 4. The lowest BCUT2D eigenvalue weighted by atomic mass is 10.1. The lowest BCUT2D eigenvalue weighted by molar-refractivity contribution is 0.0706. The number of nitrogens with zero attached hydrogens (tertiary/aromatic N) is 2. The molecule has 3 aromatic rings. The molecule has 0 unspecified atom stereocenters. The maximum Gasteiger partial charge on any atom is 0.289 e. The Morgan fingerprint density at radius 2 is 1.89 bits per heavy atom. The number of carbonyl (C=O) groups is 1. The summed E-state index contributed by atoms with van der Waals surface area (Å²) in [5, 5.41) is 9.09. The fourth-order valence-electron chi connectivity index (χ4n) is 2.72. The first-order valence-corrected chi connectivity index (χ1v) is 8.73. The summed E-state index contributed by atoms with van der Waals surface area (Å²) in [6, 6.07) is 18.0. The fraction of sp³-hybridized carbons (Fsp3) is 0.182. The van der Waals surface area contributed by atoms with Crippen molar-refractivity contribution in [2.45, 2.75) is 19.6 Å². The van der Waals surface area contributed by atoms with Crippen LogP contribution >= 0.6 is 0 Å². The molecular formula is C22H19FN2O3. The lowest BCUT2D eigenvalue weighted by Gasteiger charge is -2.24. The highest BCUT2D eigenvalue weighted by Gasteiger charge is 2.22. The normalized spacial score (nSPS) is 11.5. The number of hydrogen-bond donors (Lipinski definition) is 0. The Morgan fingerprint density at radius 3 is 2.61 bits per heavy atom. The van der Waals surface area contributed by atoms with Gasteiger partial charge in [0.1, 0.15) is 30.0 Å². The van der Waals surface area contributed by atoms with Gasteiger partial charge in [-0.1, -0.05) is 24.3 Å². The van der Waals surface area contributed by atoms with Crippen molar-refractivity contribution in [3.05, 3.63) is 89.1 Å².